The number of hydrogen-bond donors (Lipinski definition) is 0. The number of rotatable bonds is 1. The second kappa shape index (κ2) is 6.37. The van der Waals surface area contributed by atoms with Crippen molar-refractivity contribution in [3.63, 3.8) is 0 Å². The highest BCUT2D eigenvalue weighted by molar-refractivity contribution is 9.11. The first kappa shape index (κ1) is 15.0. The van der Waals surface area contributed by atoms with Crippen molar-refractivity contribution in [1.82, 2.24) is 9.80 Å². The molecule has 1 saturated heterocycles. The maximum absolute atomic E-state index is 12.7. The predicted molar refractivity (Wildman–Crippen MR) is 84.5 cm³/mol. The van der Waals surface area contributed by atoms with Crippen molar-refractivity contribution in [2.45, 2.75) is 19.4 Å². The third-order valence-corrected chi connectivity index (χ3v) is 4.65. The van der Waals surface area contributed by atoms with E-state index in [9.17, 15) is 4.79 Å². The van der Waals surface area contributed by atoms with E-state index >= 15 is 0 Å². The van der Waals surface area contributed by atoms with Crippen molar-refractivity contribution >= 4 is 37.8 Å². The lowest BCUT2D eigenvalue weighted by atomic mass is 10.1. The van der Waals surface area contributed by atoms with Crippen LogP contribution in [0.3, 0.4) is 0 Å². The van der Waals surface area contributed by atoms with E-state index in [0.717, 1.165) is 40.6 Å². The Morgan fingerprint density at radius 3 is 2.79 bits per heavy atom. The van der Waals surface area contributed by atoms with E-state index in [4.69, 9.17) is 0 Å². The maximum Gasteiger partial charge on any atom is 0.255 e. The summed E-state index contributed by atoms with van der Waals surface area (Å²) in [5, 5.41) is 0. The first-order chi connectivity index (χ1) is 8.99. The van der Waals surface area contributed by atoms with Gasteiger partial charge in [0.1, 0.15) is 0 Å². The molecule has 1 aromatic rings. The monoisotopic (exact) mass is 388 g/mol. The third-order valence-electron chi connectivity index (χ3n) is 3.47. The van der Waals surface area contributed by atoms with Gasteiger partial charge in [0.25, 0.3) is 5.91 Å². The second-order valence-corrected chi connectivity index (χ2v) is 6.86. The summed E-state index contributed by atoms with van der Waals surface area (Å²) in [5.41, 5.74) is 0.728. The molecule has 0 aromatic heterocycles. The largest absolute Gasteiger partial charge is 0.335 e. The second-order valence-electron chi connectivity index (χ2n) is 5.09. The molecule has 1 amide bonds. The van der Waals surface area contributed by atoms with Gasteiger partial charge >= 0.3 is 0 Å². The molecule has 1 fully saturated rings. The molecule has 0 N–H and O–H groups in total. The first-order valence-electron chi connectivity index (χ1n) is 6.43. The third kappa shape index (κ3) is 3.58. The Morgan fingerprint density at radius 1 is 1.32 bits per heavy atom. The average molecular weight is 390 g/mol. The smallest absolute Gasteiger partial charge is 0.255 e. The lowest BCUT2D eigenvalue weighted by Gasteiger charge is -2.28. The number of amides is 1. The van der Waals surface area contributed by atoms with Crippen LogP contribution in [0.4, 0.5) is 0 Å². The van der Waals surface area contributed by atoms with Crippen LogP contribution >= 0.6 is 31.9 Å². The van der Waals surface area contributed by atoms with Gasteiger partial charge in [0.15, 0.2) is 0 Å². The van der Waals surface area contributed by atoms with Gasteiger partial charge in [-0.1, -0.05) is 15.9 Å². The standard InChI is InChI=1S/C14H18Br2N2O/c1-10-9-17(2)6-3-7-18(10)14(19)12-8-11(15)4-5-13(12)16/h4-5,8,10H,3,6-7,9H2,1-2H3. The van der Waals surface area contributed by atoms with Crippen LogP contribution in [0.1, 0.15) is 23.7 Å². The van der Waals surface area contributed by atoms with Crippen molar-refractivity contribution in [3.05, 3.63) is 32.7 Å². The molecule has 0 bridgehead atoms. The molecule has 19 heavy (non-hydrogen) atoms. The fourth-order valence-corrected chi connectivity index (χ4v) is 3.27. The number of carbonyl (C=O) groups excluding carboxylic acids is 1. The minimum Gasteiger partial charge on any atom is -0.335 e. The van der Waals surface area contributed by atoms with Crippen molar-refractivity contribution in [1.29, 1.82) is 0 Å². The van der Waals surface area contributed by atoms with E-state index in [1.165, 1.54) is 0 Å². The van der Waals surface area contributed by atoms with Gasteiger partial charge in [0, 0.05) is 28.1 Å². The fraction of sp³-hybridized carbons (Fsp3) is 0.500. The minimum atomic E-state index is 0.107. The Morgan fingerprint density at radius 2 is 2.05 bits per heavy atom. The molecule has 1 aliphatic rings. The zero-order valence-corrected chi connectivity index (χ0v) is 14.4. The van der Waals surface area contributed by atoms with Gasteiger partial charge in [0.05, 0.1) is 5.56 Å². The highest BCUT2D eigenvalue weighted by Gasteiger charge is 2.26. The van der Waals surface area contributed by atoms with Crippen LogP contribution in [-0.2, 0) is 0 Å². The average Bonchev–Trinajstić information content (AvgIpc) is 2.52. The van der Waals surface area contributed by atoms with Gasteiger partial charge in [-0.15, -0.1) is 0 Å². The van der Waals surface area contributed by atoms with Gasteiger partial charge in [-0.2, -0.15) is 0 Å². The number of benzene rings is 1. The zero-order valence-electron chi connectivity index (χ0n) is 11.2. The van der Waals surface area contributed by atoms with Crippen molar-refractivity contribution < 1.29 is 4.79 Å². The quantitative estimate of drug-likeness (QED) is 0.735. The van der Waals surface area contributed by atoms with Crippen LogP contribution in [0.2, 0.25) is 0 Å². The molecule has 2 rings (SSSR count). The molecule has 1 aliphatic heterocycles. The summed E-state index contributed by atoms with van der Waals surface area (Å²) in [6, 6.07) is 5.96. The van der Waals surface area contributed by atoms with Crippen LogP contribution in [0.5, 0.6) is 0 Å². The van der Waals surface area contributed by atoms with E-state index in [1.54, 1.807) is 0 Å². The van der Waals surface area contributed by atoms with Crippen molar-refractivity contribution in [2.24, 2.45) is 0 Å². The van der Waals surface area contributed by atoms with E-state index in [-0.39, 0.29) is 11.9 Å². The Labute approximate surface area is 131 Å². The summed E-state index contributed by atoms with van der Waals surface area (Å²) in [7, 11) is 2.11. The van der Waals surface area contributed by atoms with E-state index < -0.39 is 0 Å². The number of halogens is 2. The van der Waals surface area contributed by atoms with Gasteiger partial charge < -0.3 is 9.80 Å². The highest BCUT2D eigenvalue weighted by Crippen LogP contribution is 2.24. The normalized spacial score (nSPS) is 21.3. The number of likely N-dealkylation sites (N-methyl/N-ethyl adjacent to an activating group) is 1. The van der Waals surface area contributed by atoms with Crippen LogP contribution in [-0.4, -0.2) is 48.4 Å². The molecule has 1 aromatic carbocycles. The maximum atomic E-state index is 12.7. The van der Waals surface area contributed by atoms with E-state index in [0.29, 0.717) is 0 Å². The van der Waals surface area contributed by atoms with E-state index in [1.807, 2.05) is 23.1 Å². The Balaban J connectivity index is 2.25. The Bertz CT molecular complexity index is 479. The number of hydrogen-bond acceptors (Lipinski definition) is 2. The van der Waals surface area contributed by atoms with Gasteiger partial charge in [0.2, 0.25) is 0 Å². The minimum absolute atomic E-state index is 0.107. The predicted octanol–water partition coefficient (Wildman–Crippen LogP) is 3.38. The first-order valence-corrected chi connectivity index (χ1v) is 8.02. The summed E-state index contributed by atoms with van der Waals surface area (Å²) in [4.78, 5) is 17.0. The van der Waals surface area contributed by atoms with Crippen LogP contribution in [0.15, 0.2) is 27.1 Å². The van der Waals surface area contributed by atoms with Crippen LogP contribution < -0.4 is 0 Å². The summed E-state index contributed by atoms with van der Waals surface area (Å²) in [6.45, 7) is 4.92. The molecule has 3 nitrogen and oxygen atoms in total. The van der Waals surface area contributed by atoms with Crippen LogP contribution in [0.25, 0.3) is 0 Å². The number of carbonyl (C=O) groups is 1. The highest BCUT2D eigenvalue weighted by atomic mass is 79.9. The van der Waals surface area contributed by atoms with Crippen LogP contribution in [0, 0.1) is 0 Å². The zero-order chi connectivity index (χ0) is 14.0. The molecule has 1 atom stereocenters. The molecule has 1 unspecified atom stereocenters. The molecular weight excluding hydrogens is 372 g/mol. The van der Waals surface area contributed by atoms with E-state index in [2.05, 4.69) is 50.7 Å². The summed E-state index contributed by atoms with van der Waals surface area (Å²) in [5.74, 6) is 0.107. The SMILES string of the molecule is CC1CN(C)CCCN1C(=O)c1cc(Br)ccc1Br. The summed E-state index contributed by atoms with van der Waals surface area (Å²) < 4.78 is 1.78. The van der Waals surface area contributed by atoms with Gasteiger partial charge in [-0.3, -0.25) is 4.79 Å². The fourth-order valence-electron chi connectivity index (χ4n) is 2.49. The number of nitrogens with zero attached hydrogens (tertiary/aromatic N) is 2. The molecule has 104 valence electrons. The molecule has 5 heteroatoms. The topological polar surface area (TPSA) is 23.6 Å². The molecule has 0 radical (unpaired) electrons. The Hall–Kier alpha value is -0.390. The summed E-state index contributed by atoms with van der Waals surface area (Å²) in [6.07, 6.45) is 1.03. The van der Waals surface area contributed by atoms with Gasteiger partial charge in [-0.25, -0.2) is 0 Å². The lowest BCUT2D eigenvalue weighted by molar-refractivity contribution is 0.0695. The van der Waals surface area contributed by atoms with Gasteiger partial charge in [-0.05, 0) is 61.1 Å². The lowest BCUT2D eigenvalue weighted by Crippen LogP contribution is -2.42. The molecule has 0 aliphatic carbocycles. The Kier molecular flexibility index (Phi) is 5.03. The van der Waals surface area contributed by atoms with Crippen molar-refractivity contribution in [2.75, 3.05) is 26.7 Å². The van der Waals surface area contributed by atoms with Crippen molar-refractivity contribution in [3.8, 4) is 0 Å². The molecular formula is C14H18Br2N2O. The molecule has 1 heterocycles. The molecule has 0 saturated carbocycles. The molecule has 0 spiro atoms. The summed E-state index contributed by atoms with van der Waals surface area (Å²) >= 11 is 6.90.